The van der Waals surface area contributed by atoms with Crippen molar-refractivity contribution in [1.82, 2.24) is 20.2 Å². The molecule has 0 spiro atoms. The van der Waals surface area contributed by atoms with Gasteiger partial charge in [-0.25, -0.2) is 9.97 Å². The van der Waals surface area contributed by atoms with Crippen LogP contribution in [0.1, 0.15) is 32.6 Å². The van der Waals surface area contributed by atoms with Crippen molar-refractivity contribution in [3.8, 4) is 0 Å². The lowest BCUT2D eigenvalue weighted by Gasteiger charge is -2.34. The van der Waals surface area contributed by atoms with Gasteiger partial charge in [-0.2, -0.15) is 0 Å². The minimum atomic E-state index is -0.181. The van der Waals surface area contributed by atoms with Crippen LogP contribution in [0.25, 0.3) is 0 Å². The van der Waals surface area contributed by atoms with Crippen LogP contribution in [0.2, 0.25) is 0 Å². The van der Waals surface area contributed by atoms with Crippen molar-refractivity contribution in [3.05, 3.63) is 18.5 Å². The van der Waals surface area contributed by atoms with E-state index in [1.54, 1.807) is 23.4 Å². The molecule has 23 heavy (non-hydrogen) atoms. The number of amides is 2. The van der Waals surface area contributed by atoms with E-state index in [0.29, 0.717) is 38.7 Å². The minimum Gasteiger partial charge on any atom is -0.356 e. The monoisotopic (exact) mass is 319 g/mol. The molecular formula is C16H25N5O2. The summed E-state index contributed by atoms with van der Waals surface area (Å²) in [6.07, 6.45) is 6.54. The Bertz CT molecular complexity index is 500. The van der Waals surface area contributed by atoms with Crippen LogP contribution in [-0.2, 0) is 9.59 Å². The van der Waals surface area contributed by atoms with Gasteiger partial charge in [0.05, 0.1) is 0 Å². The van der Waals surface area contributed by atoms with Crippen LogP contribution < -0.4 is 10.2 Å². The van der Waals surface area contributed by atoms with Crippen molar-refractivity contribution < 1.29 is 9.59 Å². The van der Waals surface area contributed by atoms with Crippen LogP contribution in [0, 0.1) is 0 Å². The molecule has 0 aliphatic carbocycles. The molecule has 0 saturated carbocycles. The lowest BCUT2D eigenvalue weighted by Crippen LogP contribution is -2.50. The highest BCUT2D eigenvalue weighted by molar-refractivity contribution is 5.96. The molecule has 1 N–H and O–H groups in total. The van der Waals surface area contributed by atoms with Gasteiger partial charge in [-0.15, -0.1) is 0 Å². The van der Waals surface area contributed by atoms with E-state index >= 15 is 0 Å². The van der Waals surface area contributed by atoms with Gasteiger partial charge in [0.15, 0.2) is 0 Å². The Balaban J connectivity index is 1.70. The summed E-state index contributed by atoms with van der Waals surface area (Å²) in [4.78, 5) is 36.1. The van der Waals surface area contributed by atoms with E-state index in [-0.39, 0.29) is 18.2 Å². The number of nitrogens with zero attached hydrogens (tertiary/aromatic N) is 4. The third-order valence-corrected chi connectivity index (χ3v) is 3.88. The summed E-state index contributed by atoms with van der Waals surface area (Å²) in [7, 11) is 0. The van der Waals surface area contributed by atoms with Crippen molar-refractivity contribution in [2.75, 3.05) is 37.6 Å². The van der Waals surface area contributed by atoms with Crippen LogP contribution in [0.15, 0.2) is 18.5 Å². The lowest BCUT2D eigenvalue weighted by atomic mass is 10.2. The van der Waals surface area contributed by atoms with Crippen LogP contribution in [0.5, 0.6) is 0 Å². The van der Waals surface area contributed by atoms with E-state index in [1.807, 2.05) is 0 Å². The summed E-state index contributed by atoms with van der Waals surface area (Å²) in [5.41, 5.74) is 0. The van der Waals surface area contributed by atoms with Gasteiger partial charge >= 0.3 is 0 Å². The van der Waals surface area contributed by atoms with Crippen molar-refractivity contribution in [3.63, 3.8) is 0 Å². The van der Waals surface area contributed by atoms with Crippen molar-refractivity contribution in [2.45, 2.75) is 32.6 Å². The number of hydrogen-bond acceptors (Lipinski definition) is 5. The first-order valence-corrected chi connectivity index (χ1v) is 8.27. The first-order chi connectivity index (χ1) is 11.2. The third-order valence-electron chi connectivity index (χ3n) is 3.88. The Hall–Kier alpha value is -2.18. The SMILES string of the molecule is CCCCCNC(=O)CC(=O)N1CCN(c2ncccn2)CC1. The fourth-order valence-corrected chi connectivity index (χ4v) is 2.52. The van der Waals surface area contributed by atoms with Gasteiger partial charge in [0.25, 0.3) is 0 Å². The highest BCUT2D eigenvalue weighted by Crippen LogP contribution is 2.10. The van der Waals surface area contributed by atoms with Crippen LogP contribution in [0.3, 0.4) is 0 Å². The van der Waals surface area contributed by atoms with E-state index in [0.717, 1.165) is 19.3 Å². The zero-order chi connectivity index (χ0) is 16.5. The number of unbranched alkanes of at least 4 members (excludes halogenated alkanes) is 2. The molecule has 7 nitrogen and oxygen atoms in total. The molecule has 1 aliphatic rings. The molecule has 0 radical (unpaired) electrons. The number of carbonyl (C=O) groups excluding carboxylic acids is 2. The Labute approximate surface area is 137 Å². The number of piperazine rings is 1. The normalized spacial score (nSPS) is 14.7. The molecule has 2 amide bonds. The fraction of sp³-hybridized carbons (Fsp3) is 0.625. The summed E-state index contributed by atoms with van der Waals surface area (Å²) >= 11 is 0. The fourth-order valence-electron chi connectivity index (χ4n) is 2.52. The van der Waals surface area contributed by atoms with Crippen molar-refractivity contribution in [1.29, 1.82) is 0 Å². The van der Waals surface area contributed by atoms with Crippen LogP contribution >= 0.6 is 0 Å². The summed E-state index contributed by atoms with van der Waals surface area (Å²) in [5, 5.41) is 2.81. The van der Waals surface area contributed by atoms with Gasteiger partial charge in [-0.05, 0) is 12.5 Å². The molecule has 0 unspecified atom stereocenters. The molecule has 126 valence electrons. The first kappa shape index (κ1) is 17.2. The maximum absolute atomic E-state index is 12.2. The number of hydrogen-bond donors (Lipinski definition) is 1. The molecule has 2 rings (SSSR count). The Morgan fingerprint density at radius 3 is 2.48 bits per heavy atom. The number of aromatic nitrogens is 2. The molecule has 2 heterocycles. The second kappa shape index (κ2) is 9.07. The lowest BCUT2D eigenvalue weighted by molar-refractivity contribution is -0.136. The summed E-state index contributed by atoms with van der Waals surface area (Å²) < 4.78 is 0. The standard InChI is InChI=1S/C16H25N5O2/c1-2-3-4-6-17-14(22)13-15(23)20-9-11-21(12-10-20)16-18-7-5-8-19-16/h5,7-8H,2-4,6,9-13H2,1H3,(H,17,22). The van der Waals surface area contributed by atoms with Gasteiger partial charge in [0.2, 0.25) is 17.8 Å². The maximum atomic E-state index is 12.2. The molecule has 7 heteroatoms. The molecule has 1 saturated heterocycles. The number of rotatable bonds is 7. The molecule has 1 aliphatic heterocycles. The molecule has 1 aromatic rings. The zero-order valence-corrected chi connectivity index (χ0v) is 13.7. The first-order valence-electron chi connectivity index (χ1n) is 8.27. The minimum absolute atomic E-state index is 0.0615. The molecular weight excluding hydrogens is 294 g/mol. The van der Waals surface area contributed by atoms with Gasteiger partial charge in [0.1, 0.15) is 6.42 Å². The molecule has 0 aromatic carbocycles. The maximum Gasteiger partial charge on any atom is 0.232 e. The number of anilines is 1. The highest BCUT2D eigenvalue weighted by atomic mass is 16.2. The van der Waals surface area contributed by atoms with Crippen molar-refractivity contribution in [2.24, 2.45) is 0 Å². The van der Waals surface area contributed by atoms with Gasteiger partial charge in [-0.1, -0.05) is 19.8 Å². The molecule has 0 atom stereocenters. The Kier molecular flexibility index (Phi) is 6.77. The van der Waals surface area contributed by atoms with E-state index < -0.39 is 0 Å². The summed E-state index contributed by atoms with van der Waals surface area (Å²) in [5.74, 6) is 0.403. The van der Waals surface area contributed by atoms with Gasteiger partial charge in [-0.3, -0.25) is 9.59 Å². The molecule has 0 bridgehead atoms. The average Bonchev–Trinajstić information content (AvgIpc) is 2.59. The zero-order valence-electron chi connectivity index (χ0n) is 13.7. The smallest absolute Gasteiger partial charge is 0.232 e. The second-order valence-electron chi connectivity index (χ2n) is 5.65. The van der Waals surface area contributed by atoms with Gasteiger partial charge in [0, 0.05) is 45.1 Å². The number of nitrogens with one attached hydrogen (secondary N) is 1. The summed E-state index contributed by atoms with van der Waals surface area (Å²) in [6, 6.07) is 1.78. The highest BCUT2D eigenvalue weighted by Gasteiger charge is 2.23. The Morgan fingerprint density at radius 2 is 1.83 bits per heavy atom. The Morgan fingerprint density at radius 1 is 1.13 bits per heavy atom. The predicted octanol–water partition coefficient (Wildman–Crippen LogP) is 0.822. The molecule has 1 fully saturated rings. The van der Waals surface area contributed by atoms with E-state index in [9.17, 15) is 9.59 Å². The number of carbonyl (C=O) groups is 2. The summed E-state index contributed by atoms with van der Waals surface area (Å²) in [6.45, 7) is 5.34. The van der Waals surface area contributed by atoms with E-state index in [2.05, 4.69) is 27.1 Å². The third kappa shape index (κ3) is 5.50. The topological polar surface area (TPSA) is 78.4 Å². The van der Waals surface area contributed by atoms with Gasteiger partial charge < -0.3 is 15.1 Å². The van der Waals surface area contributed by atoms with E-state index in [4.69, 9.17) is 0 Å². The second-order valence-corrected chi connectivity index (χ2v) is 5.65. The van der Waals surface area contributed by atoms with E-state index in [1.165, 1.54) is 0 Å². The predicted molar refractivity (Wildman–Crippen MR) is 88.0 cm³/mol. The quantitative estimate of drug-likeness (QED) is 0.595. The molecule has 1 aromatic heterocycles. The average molecular weight is 319 g/mol. The van der Waals surface area contributed by atoms with Crippen LogP contribution in [0.4, 0.5) is 5.95 Å². The largest absolute Gasteiger partial charge is 0.356 e. The van der Waals surface area contributed by atoms with Crippen LogP contribution in [-0.4, -0.2) is 59.4 Å². The van der Waals surface area contributed by atoms with Crippen molar-refractivity contribution >= 4 is 17.8 Å².